The van der Waals surface area contributed by atoms with Gasteiger partial charge in [-0.2, -0.15) is 0 Å². The van der Waals surface area contributed by atoms with Gasteiger partial charge in [-0.3, -0.25) is 5.41 Å². The fourth-order valence-electron chi connectivity index (χ4n) is 2.59. The summed E-state index contributed by atoms with van der Waals surface area (Å²) in [5.74, 6) is 0.481. The molecular formula is C19H25N3. The maximum Gasteiger partial charge on any atom is 0.202 e. The van der Waals surface area contributed by atoms with E-state index in [0.717, 1.165) is 11.4 Å². The fourth-order valence-corrected chi connectivity index (χ4v) is 2.59. The third-order valence-electron chi connectivity index (χ3n) is 3.83. The van der Waals surface area contributed by atoms with E-state index in [9.17, 15) is 0 Å². The van der Waals surface area contributed by atoms with Crippen LogP contribution in [0.2, 0.25) is 0 Å². The summed E-state index contributed by atoms with van der Waals surface area (Å²) in [5.41, 5.74) is 4.49. The number of nitrogens with one attached hydrogen (secondary N) is 1. The molecule has 0 aromatic heterocycles. The molecule has 0 aliphatic rings. The summed E-state index contributed by atoms with van der Waals surface area (Å²) in [4.78, 5) is 4.00. The molecule has 0 spiro atoms. The summed E-state index contributed by atoms with van der Waals surface area (Å²) in [5, 5.41) is 8.68. The Kier molecular flexibility index (Phi) is 4.86. The molecule has 0 saturated heterocycles. The second-order valence-electron chi connectivity index (χ2n) is 5.97. The number of hydrogen-bond donors (Lipinski definition) is 1. The van der Waals surface area contributed by atoms with E-state index in [0.29, 0.717) is 5.96 Å². The van der Waals surface area contributed by atoms with Gasteiger partial charge < -0.3 is 9.80 Å². The van der Waals surface area contributed by atoms with Gasteiger partial charge in [-0.25, -0.2) is 0 Å². The Hall–Kier alpha value is -2.29. The molecule has 0 atom stereocenters. The zero-order valence-corrected chi connectivity index (χ0v) is 14.1. The van der Waals surface area contributed by atoms with Gasteiger partial charge in [-0.05, 0) is 57.0 Å². The van der Waals surface area contributed by atoms with Gasteiger partial charge in [0.05, 0.1) is 0 Å². The van der Waals surface area contributed by atoms with Crippen molar-refractivity contribution in [1.29, 1.82) is 5.41 Å². The van der Waals surface area contributed by atoms with Crippen molar-refractivity contribution in [3.63, 3.8) is 0 Å². The van der Waals surface area contributed by atoms with E-state index in [2.05, 4.69) is 56.9 Å². The molecule has 116 valence electrons. The van der Waals surface area contributed by atoms with Crippen LogP contribution in [-0.4, -0.2) is 19.0 Å². The molecule has 2 aromatic rings. The monoisotopic (exact) mass is 295 g/mol. The highest BCUT2D eigenvalue weighted by Gasteiger charge is 2.21. The predicted molar refractivity (Wildman–Crippen MR) is 96.1 cm³/mol. The summed E-state index contributed by atoms with van der Waals surface area (Å²) in [6.07, 6.45) is 0. The van der Waals surface area contributed by atoms with Crippen LogP contribution >= 0.6 is 0 Å². The summed E-state index contributed by atoms with van der Waals surface area (Å²) < 4.78 is 0. The summed E-state index contributed by atoms with van der Waals surface area (Å²) in [6, 6.07) is 16.7. The summed E-state index contributed by atoms with van der Waals surface area (Å²) in [7, 11) is 1.95. The van der Waals surface area contributed by atoms with Crippen molar-refractivity contribution >= 4 is 17.3 Å². The maximum atomic E-state index is 8.68. The number of aryl methyl sites for hydroxylation is 2. The van der Waals surface area contributed by atoms with Crippen LogP contribution in [0.25, 0.3) is 0 Å². The Morgan fingerprint density at radius 2 is 1.68 bits per heavy atom. The first-order valence-electron chi connectivity index (χ1n) is 7.65. The third kappa shape index (κ3) is 3.30. The molecule has 0 unspecified atom stereocenters. The van der Waals surface area contributed by atoms with E-state index >= 15 is 0 Å². The molecule has 2 aromatic carbocycles. The predicted octanol–water partition coefficient (Wildman–Crippen LogP) is 4.59. The van der Waals surface area contributed by atoms with Crippen LogP contribution in [0.5, 0.6) is 0 Å². The van der Waals surface area contributed by atoms with Crippen LogP contribution in [0.4, 0.5) is 11.4 Å². The Balaban J connectivity index is 2.37. The highest BCUT2D eigenvalue weighted by atomic mass is 15.4. The van der Waals surface area contributed by atoms with Crippen LogP contribution in [0.15, 0.2) is 48.5 Å². The number of guanidine groups is 1. The molecule has 0 fully saturated rings. The Morgan fingerprint density at radius 1 is 1.00 bits per heavy atom. The van der Waals surface area contributed by atoms with Gasteiger partial charge in [0.1, 0.15) is 0 Å². The van der Waals surface area contributed by atoms with Crippen molar-refractivity contribution in [1.82, 2.24) is 0 Å². The normalized spacial score (nSPS) is 10.6. The minimum absolute atomic E-state index is 0.209. The van der Waals surface area contributed by atoms with Crippen molar-refractivity contribution < 1.29 is 0 Å². The SMILES string of the molecule is Cc1cccc(N(C)C(=N)N(c2ccccc2C)C(C)C)c1. The van der Waals surface area contributed by atoms with Gasteiger partial charge >= 0.3 is 0 Å². The molecule has 1 N–H and O–H groups in total. The zero-order chi connectivity index (χ0) is 16.3. The van der Waals surface area contributed by atoms with Crippen LogP contribution in [0, 0.1) is 19.3 Å². The van der Waals surface area contributed by atoms with E-state index in [1.54, 1.807) is 0 Å². The van der Waals surface area contributed by atoms with Crippen molar-refractivity contribution in [2.24, 2.45) is 0 Å². The third-order valence-corrected chi connectivity index (χ3v) is 3.83. The van der Waals surface area contributed by atoms with Crippen molar-refractivity contribution in [3.05, 3.63) is 59.7 Å². The van der Waals surface area contributed by atoms with E-state index in [1.807, 2.05) is 36.2 Å². The average Bonchev–Trinajstić information content (AvgIpc) is 2.48. The molecule has 0 bridgehead atoms. The number of hydrogen-bond acceptors (Lipinski definition) is 1. The van der Waals surface area contributed by atoms with Gasteiger partial charge in [0.15, 0.2) is 0 Å². The second kappa shape index (κ2) is 6.65. The van der Waals surface area contributed by atoms with Crippen molar-refractivity contribution in [2.45, 2.75) is 33.7 Å². The topological polar surface area (TPSA) is 30.3 Å². The van der Waals surface area contributed by atoms with Crippen LogP contribution in [-0.2, 0) is 0 Å². The van der Waals surface area contributed by atoms with Crippen LogP contribution < -0.4 is 9.80 Å². The van der Waals surface area contributed by atoms with Crippen LogP contribution in [0.1, 0.15) is 25.0 Å². The molecule has 0 aliphatic carbocycles. The molecule has 0 heterocycles. The van der Waals surface area contributed by atoms with E-state index < -0.39 is 0 Å². The largest absolute Gasteiger partial charge is 0.316 e. The van der Waals surface area contributed by atoms with Gasteiger partial charge in [0.2, 0.25) is 5.96 Å². The number of rotatable bonds is 3. The maximum absolute atomic E-state index is 8.68. The minimum atomic E-state index is 0.209. The van der Waals surface area contributed by atoms with Crippen LogP contribution in [0.3, 0.4) is 0 Å². The Labute approximate surface area is 133 Å². The molecule has 0 radical (unpaired) electrons. The molecule has 0 saturated carbocycles. The molecule has 3 heteroatoms. The minimum Gasteiger partial charge on any atom is -0.316 e. The summed E-state index contributed by atoms with van der Waals surface area (Å²) >= 11 is 0. The number of para-hydroxylation sites is 1. The molecule has 3 nitrogen and oxygen atoms in total. The van der Waals surface area contributed by atoms with Gasteiger partial charge in [-0.1, -0.05) is 30.3 Å². The molecule has 2 rings (SSSR count). The molecule has 22 heavy (non-hydrogen) atoms. The fraction of sp³-hybridized carbons (Fsp3) is 0.316. The van der Waals surface area contributed by atoms with Gasteiger partial charge in [0.25, 0.3) is 0 Å². The molecular weight excluding hydrogens is 270 g/mol. The van der Waals surface area contributed by atoms with Gasteiger partial charge in [0, 0.05) is 24.5 Å². The Bertz CT molecular complexity index is 661. The average molecular weight is 295 g/mol. The molecule has 0 amide bonds. The van der Waals surface area contributed by atoms with E-state index in [-0.39, 0.29) is 6.04 Å². The smallest absolute Gasteiger partial charge is 0.202 e. The van der Waals surface area contributed by atoms with E-state index in [4.69, 9.17) is 5.41 Å². The second-order valence-corrected chi connectivity index (χ2v) is 5.97. The lowest BCUT2D eigenvalue weighted by atomic mass is 10.1. The quantitative estimate of drug-likeness (QED) is 0.663. The summed E-state index contributed by atoms with van der Waals surface area (Å²) in [6.45, 7) is 8.39. The number of nitrogens with zero attached hydrogens (tertiary/aromatic N) is 2. The lowest BCUT2D eigenvalue weighted by molar-refractivity contribution is 0.791. The lowest BCUT2D eigenvalue weighted by Gasteiger charge is -2.35. The highest BCUT2D eigenvalue weighted by molar-refractivity contribution is 6.05. The van der Waals surface area contributed by atoms with E-state index in [1.165, 1.54) is 11.1 Å². The first-order chi connectivity index (χ1) is 10.4. The van der Waals surface area contributed by atoms with Crippen molar-refractivity contribution in [2.75, 3.05) is 16.8 Å². The first kappa shape index (κ1) is 16.1. The highest BCUT2D eigenvalue weighted by Crippen LogP contribution is 2.24. The van der Waals surface area contributed by atoms with Gasteiger partial charge in [-0.15, -0.1) is 0 Å². The Morgan fingerprint density at radius 3 is 2.27 bits per heavy atom. The first-order valence-corrected chi connectivity index (χ1v) is 7.65. The lowest BCUT2D eigenvalue weighted by Crippen LogP contribution is -2.46. The number of anilines is 2. The zero-order valence-electron chi connectivity index (χ0n) is 14.1. The number of benzene rings is 2. The molecule has 0 aliphatic heterocycles. The standard InChI is InChI=1S/C19H25N3/c1-14(2)22(18-12-7-6-10-16(18)4)19(20)21(5)17-11-8-9-15(3)13-17/h6-14,20H,1-5H3. The van der Waals surface area contributed by atoms with Crippen molar-refractivity contribution in [3.8, 4) is 0 Å².